The van der Waals surface area contributed by atoms with Crippen molar-refractivity contribution in [3.05, 3.63) is 28.5 Å². The zero-order valence-electron chi connectivity index (χ0n) is 10.3. The molecule has 1 unspecified atom stereocenters. The van der Waals surface area contributed by atoms with Gasteiger partial charge >= 0.3 is 0 Å². The third-order valence-electron chi connectivity index (χ3n) is 2.62. The summed E-state index contributed by atoms with van der Waals surface area (Å²) in [4.78, 5) is 1.17. The van der Waals surface area contributed by atoms with E-state index in [2.05, 4.69) is 33.8 Å². The standard InChI is InChI=1S/C11H17N5S/c1-4-8-11(17-15-13-8)10(12-5-2)9-6-7-16(3)14-9/h6-7,10,12H,4-5H2,1-3H3. The van der Waals surface area contributed by atoms with Crippen molar-refractivity contribution in [2.45, 2.75) is 26.3 Å². The van der Waals surface area contributed by atoms with Crippen molar-refractivity contribution in [2.24, 2.45) is 7.05 Å². The van der Waals surface area contributed by atoms with Crippen molar-refractivity contribution in [3.63, 3.8) is 0 Å². The van der Waals surface area contributed by atoms with Gasteiger partial charge in [0.05, 0.1) is 22.3 Å². The van der Waals surface area contributed by atoms with Crippen LogP contribution >= 0.6 is 11.5 Å². The van der Waals surface area contributed by atoms with Gasteiger partial charge in [0.1, 0.15) is 0 Å². The Morgan fingerprint density at radius 2 is 2.29 bits per heavy atom. The highest BCUT2D eigenvalue weighted by atomic mass is 32.1. The maximum Gasteiger partial charge on any atom is 0.0898 e. The minimum Gasteiger partial charge on any atom is -0.304 e. The molecule has 1 N–H and O–H groups in total. The minimum absolute atomic E-state index is 0.108. The lowest BCUT2D eigenvalue weighted by Gasteiger charge is -2.14. The van der Waals surface area contributed by atoms with Crippen molar-refractivity contribution < 1.29 is 0 Å². The fourth-order valence-electron chi connectivity index (χ4n) is 1.80. The van der Waals surface area contributed by atoms with Crippen LogP contribution < -0.4 is 5.32 Å². The molecule has 2 rings (SSSR count). The molecule has 0 aliphatic carbocycles. The molecule has 0 amide bonds. The summed E-state index contributed by atoms with van der Waals surface area (Å²) in [5, 5.41) is 12.1. The highest BCUT2D eigenvalue weighted by molar-refractivity contribution is 7.05. The van der Waals surface area contributed by atoms with Gasteiger partial charge in [-0.1, -0.05) is 18.3 Å². The molecule has 0 radical (unpaired) electrons. The van der Waals surface area contributed by atoms with E-state index in [9.17, 15) is 0 Å². The molecule has 0 aliphatic heterocycles. The van der Waals surface area contributed by atoms with Crippen LogP contribution in [0.25, 0.3) is 0 Å². The largest absolute Gasteiger partial charge is 0.304 e. The van der Waals surface area contributed by atoms with Crippen LogP contribution in [0, 0.1) is 0 Å². The first kappa shape index (κ1) is 12.2. The van der Waals surface area contributed by atoms with Crippen molar-refractivity contribution in [1.29, 1.82) is 0 Å². The fourth-order valence-corrected chi connectivity index (χ4v) is 2.63. The number of rotatable bonds is 5. The highest BCUT2D eigenvalue weighted by Crippen LogP contribution is 2.26. The summed E-state index contributed by atoms with van der Waals surface area (Å²) in [5.41, 5.74) is 2.08. The second-order valence-electron chi connectivity index (χ2n) is 3.84. The molecule has 17 heavy (non-hydrogen) atoms. The molecule has 92 valence electrons. The first-order valence-electron chi connectivity index (χ1n) is 5.80. The monoisotopic (exact) mass is 251 g/mol. The average molecular weight is 251 g/mol. The maximum atomic E-state index is 4.47. The number of aromatic nitrogens is 4. The molecule has 0 aliphatic rings. The Hall–Kier alpha value is -1.27. The lowest BCUT2D eigenvalue weighted by Crippen LogP contribution is -2.22. The van der Waals surface area contributed by atoms with Crippen molar-refractivity contribution in [2.75, 3.05) is 6.54 Å². The van der Waals surface area contributed by atoms with E-state index >= 15 is 0 Å². The van der Waals surface area contributed by atoms with Gasteiger partial charge in [-0.2, -0.15) is 5.10 Å². The van der Waals surface area contributed by atoms with Crippen LogP contribution in [0.2, 0.25) is 0 Å². The van der Waals surface area contributed by atoms with Gasteiger partial charge in [-0.05, 0) is 30.6 Å². The molecule has 0 saturated heterocycles. The van der Waals surface area contributed by atoms with Crippen LogP contribution in [0.4, 0.5) is 0 Å². The molecule has 6 heteroatoms. The van der Waals surface area contributed by atoms with E-state index in [4.69, 9.17) is 0 Å². The third kappa shape index (κ3) is 2.53. The van der Waals surface area contributed by atoms with Gasteiger partial charge in [-0.15, -0.1) is 5.10 Å². The molecule has 0 aromatic carbocycles. The summed E-state index contributed by atoms with van der Waals surface area (Å²) in [6.07, 6.45) is 2.86. The first-order valence-corrected chi connectivity index (χ1v) is 6.57. The van der Waals surface area contributed by atoms with E-state index in [0.717, 1.165) is 24.4 Å². The van der Waals surface area contributed by atoms with E-state index in [1.54, 1.807) is 0 Å². The fraction of sp³-hybridized carbons (Fsp3) is 0.545. The molecule has 0 fully saturated rings. The van der Waals surface area contributed by atoms with Gasteiger partial charge in [0.25, 0.3) is 0 Å². The van der Waals surface area contributed by atoms with Crippen LogP contribution in [-0.4, -0.2) is 25.9 Å². The quantitative estimate of drug-likeness (QED) is 0.875. The van der Waals surface area contributed by atoms with E-state index in [1.165, 1.54) is 16.4 Å². The topological polar surface area (TPSA) is 55.6 Å². The molecular weight excluding hydrogens is 234 g/mol. The Kier molecular flexibility index (Phi) is 3.86. The highest BCUT2D eigenvalue weighted by Gasteiger charge is 2.21. The minimum atomic E-state index is 0.108. The molecule has 0 spiro atoms. The molecule has 2 aromatic heterocycles. The van der Waals surface area contributed by atoms with Crippen molar-refractivity contribution in [3.8, 4) is 0 Å². The molecule has 2 heterocycles. The average Bonchev–Trinajstić information content (AvgIpc) is 2.94. The Morgan fingerprint density at radius 1 is 1.47 bits per heavy atom. The maximum absolute atomic E-state index is 4.47. The summed E-state index contributed by atoms with van der Waals surface area (Å²) in [6.45, 7) is 5.08. The SMILES string of the molecule is CCNC(c1ccn(C)n1)c1snnc1CC. The summed E-state index contributed by atoms with van der Waals surface area (Å²) < 4.78 is 5.86. The van der Waals surface area contributed by atoms with Crippen LogP contribution in [0.1, 0.15) is 36.2 Å². The molecule has 0 bridgehead atoms. The zero-order valence-corrected chi connectivity index (χ0v) is 11.2. The molecule has 0 saturated carbocycles. The second-order valence-corrected chi connectivity index (χ2v) is 4.63. The molecule has 5 nitrogen and oxygen atoms in total. The van der Waals surface area contributed by atoms with Crippen molar-refractivity contribution in [1.82, 2.24) is 24.7 Å². The van der Waals surface area contributed by atoms with Crippen LogP contribution in [0.5, 0.6) is 0 Å². The van der Waals surface area contributed by atoms with Gasteiger partial charge in [0, 0.05) is 13.2 Å². The summed E-state index contributed by atoms with van der Waals surface area (Å²) in [5.74, 6) is 0. The summed E-state index contributed by atoms with van der Waals surface area (Å²) in [7, 11) is 1.93. The van der Waals surface area contributed by atoms with E-state index in [1.807, 2.05) is 24.0 Å². The molecule has 2 aromatic rings. The van der Waals surface area contributed by atoms with Crippen molar-refractivity contribution >= 4 is 11.5 Å². The summed E-state index contributed by atoms with van der Waals surface area (Å²) >= 11 is 1.45. The predicted molar refractivity (Wildman–Crippen MR) is 68.0 cm³/mol. The van der Waals surface area contributed by atoms with Gasteiger partial charge in [-0.3, -0.25) is 4.68 Å². The van der Waals surface area contributed by atoms with Crippen LogP contribution in [0.3, 0.4) is 0 Å². The molecule has 1 atom stereocenters. The van der Waals surface area contributed by atoms with Gasteiger partial charge in [-0.25, -0.2) is 0 Å². The van der Waals surface area contributed by atoms with Crippen LogP contribution in [-0.2, 0) is 13.5 Å². The number of hydrogen-bond donors (Lipinski definition) is 1. The van der Waals surface area contributed by atoms with E-state index in [-0.39, 0.29) is 6.04 Å². The van der Waals surface area contributed by atoms with E-state index in [0.29, 0.717) is 0 Å². The van der Waals surface area contributed by atoms with E-state index < -0.39 is 0 Å². The predicted octanol–water partition coefficient (Wildman–Crippen LogP) is 1.53. The number of hydrogen-bond acceptors (Lipinski definition) is 5. The Bertz CT molecular complexity index is 476. The first-order chi connectivity index (χ1) is 8.26. The van der Waals surface area contributed by atoms with Gasteiger partial charge in [0.15, 0.2) is 0 Å². The third-order valence-corrected chi connectivity index (χ3v) is 3.45. The Morgan fingerprint density at radius 3 is 2.88 bits per heavy atom. The normalized spacial score (nSPS) is 12.9. The Labute approximate surface area is 105 Å². The number of nitrogens with zero attached hydrogens (tertiary/aromatic N) is 4. The smallest absolute Gasteiger partial charge is 0.0898 e. The molecular formula is C11H17N5S. The summed E-state index contributed by atoms with van der Waals surface area (Å²) in [6, 6.07) is 2.14. The lowest BCUT2D eigenvalue weighted by atomic mass is 10.1. The van der Waals surface area contributed by atoms with Crippen LogP contribution in [0.15, 0.2) is 12.3 Å². The number of nitrogens with one attached hydrogen (secondary N) is 1. The number of aryl methyl sites for hydroxylation is 2. The zero-order chi connectivity index (χ0) is 12.3. The Balaban J connectivity index is 2.35. The van der Waals surface area contributed by atoms with Gasteiger partial charge < -0.3 is 5.32 Å². The van der Waals surface area contributed by atoms with Gasteiger partial charge in [0.2, 0.25) is 0 Å². The lowest BCUT2D eigenvalue weighted by molar-refractivity contribution is 0.602. The second kappa shape index (κ2) is 5.37.